The zero-order chi connectivity index (χ0) is 59.9. The molecule has 0 fully saturated rings. The first-order valence-electron chi connectivity index (χ1n) is 35.2. The Morgan fingerprint density at radius 3 is 0.683 bits per heavy atom. The summed E-state index contributed by atoms with van der Waals surface area (Å²) in [6.45, 7) is 27.4. The van der Waals surface area contributed by atoms with Crippen molar-refractivity contribution < 1.29 is 0 Å². The lowest BCUT2D eigenvalue weighted by Crippen LogP contribution is -1.91. The number of unbranched alkanes of at least 4 members (excludes halogenated alkanes) is 20. The van der Waals surface area contributed by atoms with E-state index < -0.39 is 0 Å². The van der Waals surface area contributed by atoms with Crippen molar-refractivity contribution in [2.75, 3.05) is 0 Å². The van der Waals surface area contributed by atoms with Crippen LogP contribution < -0.4 is 0 Å². The van der Waals surface area contributed by atoms with Crippen molar-refractivity contribution in [1.29, 1.82) is 0 Å². The van der Waals surface area contributed by atoms with Crippen molar-refractivity contribution in [3.05, 3.63) is 142 Å². The van der Waals surface area contributed by atoms with Crippen molar-refractivity contribution in [2.45, 2.75) is 327 Å². The van der Waals surface area contributed by atoms with Crippen molar-refractivity contribution >= 4 is 0 Å². The quantitative estimate of drug-likeness (QED) is 0.0308. The molecule has 0 radical (unpaired) electrons. The van der Waals surface area contributed by atoms with Crippen LogP contribution in [0.4, 0.5) is 0 Å². The van der Waals surface area contributed by atoms with E-state index in [0.29, 0.717) is 0 Å². The fourth-order valence-electron chi connectivity index (χ4n) is 10.3. The molecule has 0 heterocycles. The highest BCUT2D eigenvalue weighted by Gasteiger charge is 2.02. The van der Waals surface area contributed by atoms with Crippen molar-refractivity contribution in [2.24, 2.45) is 23.7 Å². The molecule has 4 aromatic rings. The van der Waals surface area contributed by atoms with Gasteiger partial charge in [-0.15, -0.1) is 0 Å². The molecule has 0 aromatic heterocycles. The van der Waals surface area contributed by atoms with Crippen LogP contribution in [0.3, 0.4) is 0 Å². The minimum atomic E-state index is 0.794. The standard InChI is InChI=1S/C22H38.C22H34.C19H32.C19H28/c2*1-4-5-6-7-8-11-14-21-16-18-22(19-17-21)15-12-9-10-13-20(2)3;2*1-4-5-7-11-18-13-15-19(16-14-18)12-9-6-8-10-17(2)3/h16-20H,4-15H2,1-3H3;16-20H,4-11,13-14H2,1-3H3;13-17H,4-12H2,1-3H3;13-17H,4-8,10-11H2,1-3H3. The summed E-state index contributed by atoms with van der Waals surface area (Å²) in [4.78, 5) is 0. The Hall–Kier alpha value is -4.00. The van der Waals surface area contributed by atoms with Gasteiger partial charge in [0.2, 0.25) is 0 Å². The number of benzene rings is 4. The van der Waals surface area contributed by atoms with Crippen molar-refractivity contribution in [3.63, 3.8) is 0 Å². The van der Waals surface area contributed by atoms with Gasteiger partial charge in [0, 0.05) is 24.0 Å². The van der Waals surface area contributed by atoms with Gasteiger partial charge < -0.3 is 0 Å². The van der Waals surface area contributed by atoms with Crippen LogP contribution in [0.2, 0.25) is 0 Å². The van der Waals surface area contributed by atoms with Crippen LogP contribution in [0.1, 0.15) is 333 Å². The molecule has 460 valence electrons. The Morgan fingerprint density at radius 1 is 0.232 bits per heavy atom. The van der Waals surface area contributed by atoms with Gasteiger partial charge in [-0.2, -0.15) is 0 Å². The van der Waals surface area contributed by atoms with Gasteiger partial charge in [-0.3, -0.25) is 0 Å². The molecule has 0 aliphatic rings. The lowest BCUT2D eigenvalue weighted by Gasteiger charge is -2.06. The van der Waals surface area contributed by atoms with Crippen molar-refractivity contribution in [1.82, 2.24) is 0 Å². The molecule has 0 saturated carbocycles. The van der Waals surface area contributed by atoms with Crippen LogP contribution in [-0.2, 0) is 38.5 Å². The molecule has 0 atom stereocenters. The van der Waals surface area contributed by atoms with Crippen LogP contribution in [0.5, 0.6) is 0 Å². The zero-order valence-electron chi connectivity index (χ0n) is 56.4. The molecule has 0 heteroatoms. The number of rotatable bonds is 40. The summed E-state index contributed by atoms with van der Waals surface area (Å²) in [7, 11) is 0. The maximum atomic E-state index is 3.30. The van der Waals surface area contributed by atoms with E-state index in [-0.39, 0.29) is 0 Å². The molecule has 0 aliphatic carbocycles. The summed E-state index contributed by atoms with van der Waals surface area (Å²) in [6, 6.07) is 36.4. The molecule has 0 aliphatic heterocycles. The average Bonchev–Trinajstić information content (AvgIpc) is 3.46. The molecule has 0 bridgehead atoms. The molecule has 0 saturated heterocycles. The van der Waals surface area contributed by atoms with E-state index in [9.17, 15) is 0 Å². The van der Waals surface area contributed by atoms with Gasteiger partial charge in [-0.1, -0.05) is 321 Å². The second kappa shape index (κ2) is 54.9. The summed E-state index contributed by atoms with van der Waals surface area (Å²) in [5.41, 5.74) is 11.3. The Balaban J connectivity index is 0.000000548. The Kier molecular flexibility index (Phi) is 50.9. The maximum absolute atomic E-state index is 3.30. The van der Waals surface area contributed by atoms with Gasteiger partial charge in [0.1, 0.15) is 0 Å². The zero-order valence-corrected chi connectivity index (χ0v) is 56.4. The van der Waals surface area contributed by atoms with E-state index in [1.807, 2.05) is 0 Å². The van der Waals surface area contributed by atoms with Gasteiger partial charge in [0.25, 0.3) is 0 Å². The summed E-state index contributed by atoms with van der Waals surface area (Å²) in [5, 5.41) is 0. The van der Waals surface area contributed by atoms with E-state index in [2.05, 4.69) is 204 Å². The van der Waals surface area contributed by atoms with Crippen LogP contribution in [0, 0.1) is 47.4 Å². The molecule has 0 unspecified atom stereocenters. The van der Waals surface area contributed by atoms with Gasteiger partial charge in [0.15, 0.2) is 0 Å². The molecule has 4 rings (SSSR count). The van der Waals surface area contributed by atoms with E-state index in [1.54, 1.807) is 0 Å². The van der Waals surface area contributed by atoms with E-state index in [1.165, 1.54) is 265 Å². The third-order valence-corrected chi connectivity index (χ3v) is 15.9. The average molecular weight is 1120 g/mol. The highest BCUT2D eigenvalue weighted by molar-refractivity contribution is 5.37. The first-order chi connectivity index (χ1) is 39.9. The van der Waals surface area contributed by atoms with Crippen LogP contribution in [0.15, 0.2) is 97.1 Å². The van der Waals surface area contributed by atoms with E-state index in [0.717, 1.165) is 47.6 Å². The maximum Gasteiger partial charge on any atom is 0.0245 e. The fraction of sp³-hybridized carbons (Fsp3) is 0.659. The molecule has 0 amide bonds. The molecular weight excluding hydrogens is 985 g/mol. The highest BCUT2D eigenvalue weighted by Crippen LogP contribution is 2.18. The summed E-state index contributed by atoms with van der Waals surface area (Å²) in [6.07, 6.45) is 50.1. The second-order valence-electron chi connectivity index (χ2n) is 26.1. The topological polar surface area (TPSA) is 0 Å². The Bertz CT molecular complexity index is 2090. The van der Waals surface area contributed by atoms with E-state index in [4.69, 9.17) is 0 Å². The predicted molar refractivity (Wildman–Crippen MR) is 372 cm³/mol. The van der Waals surface area contributed by atoms with Gasteiger partial charge in [-0.05, 0) is 171 Å². The fourth-order valence-corrected chi connectivity index (χ4v) is 10.3. The summed E-state index contributed by atoms with van der Waals surface area (Å²) >= 11 is 0. The molecule has 82 heavy (non-hydrogen) atoms. The third kappa shape index (κ3) is 48.4. The number of hydrogen-bond donors (Lipinski definition) is 0. The minimum absolute atomic E-state index is 0.794. The Morgan fingerprint density at radius 2 is 0.427 bits per heavy atom. The van der Waals surface area contributed by atoms with Crippen LogP contribution in [0.25, 0.3) is 0 Å². The predicted octanol–water partition coefficient (Wildman–Crippen LogP) is 25.9. The number of hydrogen-bond acceptors (Lipinski definition) is 0. The van der Waals surface area contributed by atoms with Crippen molar-refractivity contribution in [3.8, 4) is 23.7 Å². The third-order valence-electron chi connectivity index (χ3n) is 15.9. The van der Waals surface area contributed by atoms with Gasteiger partial charge >= 0.3 is 0 Å². The molecular formula is C82H132. The first kappa shape index (κ1) is 76.0. The number of aryl methyl sites for hydroxylation is 6. The second-order valence-corrected chi connectivity index (χ2v) is 26.1. The monoisotopic (exact) mass is 1120 g/mol. The molecule has 0 spiro atoms. The molecule has 0 N–H and O–H groups in total. The molecule has 4 aromatic carbocycles. The van der Waals surface area contributed by atoms with Gasteiger partial charge in [0.05, 0.1) is 0 Å². The summed E-state index contributed by atoms with van der Waals surface area (Å²) in [5.74, 6) is 16.4. The first-order valence-corrected chi connectivity index (χ1v) is 35.2. The normalized spacial score (nSPS) is 10.8. The lowest BCUT2D eigenvalue weighted by molar-refractivity contribution is 0.527. The van der Waals surface area contributed by atoms with Crippen LogP contribution >= 0.6 is 0 Å². The SMILES string of the molecule is CCCCCCCCc1ccc(C#CCCCC(C)C)cc1.CCCCCCCCc1ccc(CCCCCC(C)C)cc1.CCCCCc1ccc(C#CCCCC(C)C)cc1.CCCCCc1ccc(CCCCCC(C)C)cc1. The Labute approximate surface area is 513 Å². The minimum Gasteiger partial charge on any atom is -0.0979 e. The smallest absolute Gasteiger partial charge is 0.0245 e. The van der Waals surface area contributed by atoms with E-state index >= 15 is 0 Å². The van der Waals surface area contributed by atoms with Gasteiger partial charge in [-0.25, -0.2) is 0 Å². The largest absolute Gasteiger partial charge is 0.0979 e. The van der Waals surface area contributed by atoms with Crippen LogP contribution in [-0.4, -0.2) is 0 Å². The highest BCUT2D eigenvalue weighted by atomic mass is 14.1. The molecule has 0 nitrogen and oxygen atoms in total. The lowest BCUT2D eigenvalue weighted by atomic mass is 10.00. The summed E-state index contributed by atoms with van der Waals surface area (Å²) < 4.78 is 0.